The lowest BCUT2D eigenvalue weighted by Crippen LogP contribution is -2.01. The molecule has 53 heavy (non-hydrogen) atoms. The molecule has 0 aliphatic rings. The van der Waals surface area contributed by atoms with E-state index >= 15 is 0 Å². The van der Waals surface area contributed by atoms with E-state index < -0.39 is 0 Å². The maximum atomic E-state index is 5.16. The van der Waals surface area contributed by atoms with Gasteiger partial charge in [-0.3, -0.25) is 0 Å². The van der Waals surface area contributed by atoms with Gasteiger partial charge < -0.3 is 0 Å². The van der Waals surface area contributed by atoms with Crippen LogP contribution in [0.5, 0.6) is 0 Å². The maximum Gasteiger partial charge on any atom is 0.164 e. The Morgan fingerprint density at radius 2 is 0.868 bits per heavy atom. The highest BCUT2D eigenvalue weighted by Gasteiger charge is 2.18. The molecule has 9 aromatic carbocycles. The molecule has 0 bridgehead atoms. The Morgan fingerprint density at radius 3 is 1.58 bits per heavy atom. The van der Waals surface area contributed by atoms with Gasteiger partial charge in [0, 0.05) is 42.2 Å². The Hall–Kier alpha value is -6.75. The highest BCUT2D eigenvalue weighted by molar-refractivity contribution is 7.26. The number of hydrogen-bond donors (Lipinski definition) is 0. The van der Waals surface area contributed by atoms with Crippen molar-refractivity contribution in [3.63, 3.8) is 0 Å². The lowest BCUT2D eigenvalue weighted by atomic mass is 9.91. The summed E-state index contributed by atoms with van der Waals surface area (Å²) < 4.78 is 2.67. The molecule has 0 saturated heterocycles. The summed E-state index contributed by atoms with van der Waals surface area (Å²) >= 11 is 1.90. The minimum atomic E-state index is 0.648. The standard InChI is InChI=1S/C49H29N3S/c1-3-11-32(12-4-1)47-50-48(33-13-5-2-6-14-33)52-49(51-47)42-29-35-16-8-7-15-34(35)28-41(42)37-24-25-38-36(27-37)22-21-30-19-20-31-23-26-40-39-17-9-10-18-43(39)53-46(40)45(31)44(30)38/h1-29H. The van der Waals surface area contributed by atoms with Crippen LogP contribution in [-0.2, 0) is 0 Å². The van der Waals surface area contributed by atoms with Crippen LogP contribution < -0.4 is 0 Å². The van der Waals surface area contributed by atoms with Gasteiger partial charge >= 0.3 is 0 Å². The Bertz CT molecular complexity index is 3160. The largest absolute Gasteiger partial charge is 0.208 e. The fourth-order valence-electron chi connectivity index (χ4n) is 7.91. The summed E-state index contributed by atoms with van der Waals surface area (Å²) in [5, 5.41) is 12.6. The number of thiophene rings is 1. The van der Waals surface area contributed by atoms with Gasteiger partial charge in [-0.05, 0) is 73.1 Å². The topological polar surface area (TPSA) is 38.7 Å². The second-order valence-corrected chi connectivity index (χ2v) is 14.6. The van der Waals surface area contributed by atoms with Crippen molar-refractivity contribution in [2.45, 2.75) is 0 Å². The van der Waals surface area contributed by atoms with Crippen LogP contribution in [0.15, 0.2) is 176 Å². The number of benzene rings is 9. The van der Waals surface area contributed by atoms with Gasteiger partial charge in [-0.1, -0.05) is 152 Å². The Morgan fingerprint density at radius 1 is 0.321 bits per heavy atom. The van der Waals surface area contributed by atoms with E-state index in [-0.39, 0.29) is 0 Å². The highest BCUT2D eigenvalue weighted by atomic mass is 32.1. The van der Waals surface area contributed by atoms with Gasteiger partial charge in [0.2, 0.25) is 0 Å². The van der Waals surface area contributed by atoms with Crippen molar-refractivity contribution < 1.29 is 0 Å². The maximum absolute atomic E-state index is 5.16. The third-order valence-electron chi connectivity index (χ3n) is 10.5. The second-order valence-electron chi connectivity index (χ2n) is 13.6. The molecule has 4 heteroatoms. The molecule has 11 rings (SSSR count). The molecule has 0 N–H and O–H groups in total. The lowest BCUT2D eigenvalue weighted by molar-refractivity contribution is 1.07. The van der Waals surface area contributed by atoms with Gasteiger partial charge in [-0.2, -0.15) is 0 Å². The Kier molecular flexibility index (Phi) is 6.73. The average Bonchev–Trinajstić information content (AvgIpc) is 3.62. The molecule has 0 amide bonds. The minimum absolute atomic E-state index is 0.648. The number of fused-ring (bicyclic) bond motifs is 10. The summed E-state index contributed by atoms with van der Waals surface area (Å²) in [6.45, 7) is 0. The SMILES string of the molecule is c1ccc(-c2nc(-c3ccccc3)nc(-c3cc4ccccc4cc3-c3ccc4c(ccc5ccc6ccc7c8ccccc8sc7c6c54)c3)n2)cc1. The minimum Gasteiger partial charge on any atom is -0.208 e. The van der Waals surface area contributed by atoms with Crippen LogP contribution in [0.1, 0.15) is 0 Å². The second kappa shape index (κ2) is 11.9. The molecule has 246 valence electrons. The van der Waals surface area contributed by atoms with E-state index in [0.29, 0.717) is 17.5 Å². The molecule has 3 nitrogen and oxygen atoms in total. The zero-order valence-electron chi connectivity index (χ0n) is 28.5. The predicted molar refractivity (Wildman–Crippen MR) is 224 cm³/mol. The van der Waals surface area contributed by atoms with Crippen LogP contribution in [-0.4, -0.2) is 15.0 Å². The summed E-state index contributed by atoms with van der Waals surface area (Å²) in [4.78, 5) is 15.3. The Labute approximate surface area is 309 Å². The molecular formula is C49H29N3S. The molecule has 2 aromatic heterocycles. The number of rotatable bonds is 4. The zero-order valence-corrected chi connectivity index (χ0v) is 29.3. The van der Waals surface area contributed by atoms with E-state index in [2.05, 4.69) is 140 Å². The summed E-state index contributed by atoms with van der Waals surface area (Å²) in [5.74, 6) is 1.95. The molecule has 0 unspecified atom stereocenters. The van der Waals surface area contributed by atoms with Gasteiger partial charge in [0.05, 0.1) is 0 Å². The molecule has 0 spiro atoms. The molecule has 0 atom stereocenters. The van der Waals surface area contributed by atoms with Crippen LogP contribution in [0.4, 0.5) is 0 Å². The van der Waals surface area contributed by atoms with Crippen molar-refractivity contribution in [2.24, 2.45) is 0 Å². The van der Waals surface area contributed by atoms with E-state index in [1.165, 1.54) is 57.9 Å². The zero-order chi connectivity index (χ0) is 34.9. The molecular weight excluding hydrogens is 663 g/mol. The molecule has 0 aliphatic carbocycles. The normalized spacial score (nSPS) is 11.8. The van der Waals surface area contributed by atoms with Gasteiger partial charge in [0.15, 0.2) is 17.5 Å². The van der Waals surface area contributed by atoms with Gasteiger partial charge in [0.25, 0.3) is 0 Å². The first-order valence-electron chi connectivity index (χ1n) is 17.9. The van der Waals surface area contributed by atoms with E-state index in [4.69, 9.17) is 15.0 Å². The van der Waals surface area contributed by atoms with Crippen LogP contribution >= 0.6 is 11.3 Å². The summed E-state index contributed by atoms with van der Waals surface area (Å²) in [5.41, 5.74) is 5.08. The summed E-state index contributed by atoms with van der Waals surface area (Å²) in [7, 11) is 0. The number of nitrogens with zero attached hydrogens (tertiary/aromatic N) is 3. The first-order valence-corrected chi connectivity index (χ1v) is 18.7. The smallest absolute Gasteiger partial charge is 0.164 e. The lowest BCUT2D eigenvalue weighted by Gasteiger charge is -2.15. The quantitative estimate of drug-likeness (QED) is 0.172. The predicted octanol–water partition coefficient (Wildman–Crippen LogP) is 13.5. The van der Waals surface area contributed by atoms with Gasteiger partial charge in [0.1, 0.15) is 0 Å². The highest BCUT2D eigenvalue weighted by Crippen LogP contribution is 2.44. The van der Waals surface area contributed by atoms with Gasteiger partial charge in [-0.25, -0.2) is 15.0 Å². The van der Waals surface area contributed by atoms with Crippen molar-refractivity contribution in [3.05, 3.63) is 176 Å². The third kappa shape index (κ3) is 4.91. The summed E-state index contributed by atoms with van der Waals surface area (Å²) in [6.07, 6.45) is 0. The molecule has 0 radical (unpaired) electrons. The van der Waals surface area contributed by atoms with Crippen LogP contribution in [0, 0.1) is 0 Å². The van der Waals surface area contributed by atoms with Crippen LogP contribution in [0.25, 0.3) is 109 Å². The van der Waals surface area contributed by atoms with E-state index in [1.807, 2.05) is 47.7 Å². The molecule has 0 aliphatic heterocycles. The van der Waals surface area contributed by atoms with E-state index in [0.717, 1.165) is 33.2 Å². The number of hydrogen-bond acceptors (Lipinski definition) is 4. The first-order chi connectivity index (χ1) is 26.2. The molecule has 2 heterocycles. The third-order valence-corrected chi connectivity index (χ3v) is 11.7. The van der Waals surface area contributed by atoms with Crippen LogP contribution in [0.3, 0.4) is 0 Å². The van der Waals surface area contributed by atoms with Crippen LogP contribution in [0.2, 0.25) is 0 Å². The summed E-state index contributed by atoms with van der Waals surface area (Å²) in [6, 6.07) is 62.7. The fraction of sp³-hybridized carbons (Fsp3) is 0. The molecule has 0 saturated carbocycles. The fourth-order valence-corrected chi connectivity index (χ4v) is 9.17. The van der Waals surface area contributed by atoms with E-state index in [9.17, 15) is 0 Å². The number of aromatic nitrogens is 3. The monoisotopic (exact) mass is 691 g/mol. The first kappa shape index (κ1) is 29.9. The Balaban J connectivity index is 1.16. The van der Waals surface area contributed by atoms with Crippen molar-refractivity contribution in [2.75, 3.05) is 0 Å². The van der Waals surface area contributed by atoms with Crippen molar-refractivity contribution >= 4 is 74.6 Å². The van der Waals surface area contributed by atoms with Crippen molar-refractivity contribution in [1.29, 1.82) is 0 Å². The van der Waals surface area contributed by atoms with Crippen molar-refractivity contribution in [1.82, 2.24) is 15.0 Å². The molecule has 0 fully saturated rings. The van der Waals surface area contributed by atoms with E-state index in [1.54, 1.807) is 0 Å². The van der Waals surface area contributed by atoms with Gasteiger partial charge in [-0.15, -0.1) is 11.3 Å². The average molecular weight is 692 g/mol. The van der Waals surface area contributed by atoms with Crippen molar-refractivity contribution in [3.8, 4) is 45.3 Å². The molecule has 11 aromatic rings.